The average molecular weight is 199 g/mol. The number of benzene rings is 1. The van der Waals surface area contributed by atoms with Crippen molar-refractivity contribution >= 4 is 21.4 Å². The van der Waals surface area contributed by atoms with Gasteiger partial charge in [0.25, 0.3) is 0 Å². The van der Waals surface area contributed by atoms with E-state index in [0.717, 1.165) is 0 Å². The van der Waals surface area contributed by atoms with Crippen molar-refractivity contribution < 1.29 is 8.42 Å². The van der Waals surface area contributed by atoms with Crippen LogP contribution in [0.2, 0.25) is 0 Å². The molecule has 0 spiro atoms. The van der Waals surface area contributed by atoms with E-state index in [2.05, 4.69) is 4.72 Å². The highest BCUT2D eigenvalue weighted by Crippen LogP contribution is 2.12. The van der Waals surface area contributed by atoms with Crippen molar-refractivity contribution in [2.45, 2.75) is 6.92 Å². The third-order valence-electron chi connectivity index (χ3n) is 1.54. The van der Waals surface area contributed by atoms with E-state index in [1.54, 1.807) is 19.1 Å². The largest absolute Gasteiger partial charge is 0.301 e. The summed E-state index contributed by atoms with van der Waals surface area (Å²) in [5, 5.41) is 0. The summed E-state index contributed by atoms with van der Waals surface area (Å²) in [4.78, 5) is 0. The highest BCUT2D eigenvalue weighted by atomic mass is 32.2. The maximum Gasteiger partial charge on any atom is 0.232 e. The Morgan fingerprint density at radius 1 is 1.31 bits per heavy atom. The van der Waals surface area contributed by atoms with Crippen molar-refractivity contribution in [3.05, 3.63) is 24.3 Å². The van der Waals surface area contributed by atoms with E-state index >= 15 is 0 Å². The predicted molar refractivity (Wildman–Crippen MR) is 52.3 cm³/mol. The number of anilines is 1. The van der Waals surface area contributed by atoms with Gasteiger partial charge in [-0.05, 0) is 31.2 Å². The first kappa shape index (κ1) is 9.85. The van der Waals surface area contributed by atoms with Gasteiger partial charge in [-0.1, -0.05) is 0 Å². The zero-order valence-electron chi connectivity index (χ0n) is 7.24. The zero-order chi connectivity index (χ0) is 9.90. The number of nitrogens with one attached hydrogen (secondary N) is 2. The monoisotopic (exact) mass is 199 g/mol. The zero-order valence-corrected chi connectivity index (χ0v) is 8.06. The third kappa shape index (κ3) is 2.95. The minimum Gasteiger partial charge on any atom is -0.301 e. The van der Waals surface area contributed by atoms with E-state index in [0.29, 0.717) is 11.4 Å². The molecule has 0 atom stereocenters. The number of rotatable bonds is 3. The summed E-state index contributed by atoms with van der Waals surface area (Å²) in [6, 6.07) is 6.20. The maximum atomic E-state index is 11.1. The molecule has 1 rings (SSSR count). The van der Waals surface area contributed by atoms with Gasteiger partial charge in [-0.25, -0.2) is 8.42 Å². The summed E-state index contributed by atoms with van der Waals surface area (Å²) in [6.07, 6.45) is 0. The lowest BCUT2D eigenvalue weighted by Crippen LogP contribution is -2.14. The van der Waals surface area contributed by atoms with E-state index in [9.17, 15) is 8.42 Å². The molecule has 1 aromatic carbocycles. The molecule has 4 nitrogen and oxygen atoms in total. The second-order valence-corrected chi connectivity index (χ2v) is 4.59. The van der Waals surface area contributed by atoms with Crippen LogP contribution in [0, 0.1) is 0 Å². The molecule has 13 heavy (non-hydrogen) atoms. The van der Waals surface area contributed by atoms with Gasteiger partial charge >= 0.3 is 0 Å². The molecule has 0 heterocycles. The van der Waals surface area contributed by atoms with Gasteiger partial charge in [0.15, 0.2) is 0 Å². The van der Waals surface area contributed by atoms with Crippen LogP contribution in [0.15, 0.2) is 24.3 Å². The summed E-state index contributed by atoms with van der Waals surface area (Å²) in [7, 11) is -3.20. The fourth-order valence-corrected chi connectivity index (χ4v) is 1.43. The maximum absolute atomic E-state index is 11.1. The molecule has 71 valence electrons. The van der Waals surface area contributed by atoms with Crippen LogP contribution in [0.25, 0.3) is 0 Å². The molecule has 0 fully saturated rings. The summed E-state index contributed by atoms with van der Waals surface area (Å²) in [6.45, 7) is 1.57. The Labute approximate surface area is 77.8 Å². The molecule has 0 aliphatic rings. The molecule has 1 aromatic rings. The molecule has 0 saturated carbocycles. The third-order valence-corrected chi connectivity index (χ3v) is 2.85. The first-order valence-corrected chi connectivity index (χ1v) is 5.51. The summed E-state index contributed by atoms with van der Waals surface area (Å²) in [5.74, 6) is 0.0512. The number of sulfonamides is 1. The van der Waals surface area contributed by atoms with Gasteiger partial charge in [0.1, 0.15) is 0 Å². The molecule has 5 heteroatoms. The molecule has 1 radical (unpaired) electrons. The normalized spacial score (nSPS) is 11.2. The fraction of sp³-hybridized carbons (Fsp3) is 0.250. The lowest BCUT2D eigenvalue weighted by molar-refractivity contribution is 0.602. The van der Waals surface area contributed by atoms with Gasteiger partial charge < -0.3 is 5.73 Å². The van der Waals surface area contributed by atoms with Gasteiger partial charge in [-0.2, -0.15) is 0 Å². The van der Waals surface area contributed by atoms with E-state index < -0.39 is 10.0 Å². The van der Waals surface area contributed by atoms with Crippen molar-refractivity contribution in [1.82, 2.24) is 5.73 Å². The Morgan fingerprint density at radius 2 is 1.85 bits per heavy atom. The molecular formula is C8H11N2O2S. The van der Waals surface area contributed by atoms with Crippen molar-refractivity contribution in [1.29, 1.82) is 0 Å². The van der Waals surface area contributed by atoms with Crippen molar-refractivity contribution in [3.63, 3.8) is 0 Å². The second-order valence-electron chi connectivity index (χ2n) is 2.58. The van der Waals surface area contributed by atoms with Gasteiger partial charge in [-0.3, -0.25) is 4.72 Å². The highest BCUT2D eigenvalue weighted by Gasteiger charge is 2.05. The summed E-state index contributed by atoms with van der Waals surface area (Å²) in [5.41, 5.74) is 8.05. The quantitative estimate of drug-likeness (QED) is 0.798. The van der Waals surface area contributed by atoms with E-state index in [1.165, 1.54) is 12.1 Å². The van der Waals surface area contributed by atoms with Crippen molar-refractivity contribution in [3.8, 4) is 0 Å². The van der Waals surface area contributed by atoms with Crippen molar-refractivity contribution in [2.75, 3.05) is 10.5 Å². The molecule has 0 aromatic heterocycles. The summed E-state index contributed by atoms with van der Waals surface area (Å²) < 4.78 is 24.6. The Kier molecular flexibility index (Phi) is 2.77. The first-order chi connectivity index (χ1) is 6.03. The lowest BCUT2D eigenvalue weighted by Gasteiger charge is -2.04. The van der Waals surface area contributed by atoms with Gasteiger partial charge in [-0.15, -0.1) is 0 Å². The Hall–Kier alpha value is -1.23. The fourth-order valence-electron chi connectivity index (χ4n) is 0.790. The standard InChI is InChI=1S/C8H11N2O2S/c1-2-13(11,12)10-8-5-3-7(9)4-6-8/h3-6,9-10H,2H2,1H3. The molecular weight excluding hydrogens is 188 g/mol. The molecule has 0 unspecified atom stereocenters. The molecule has 0 aliphatic carbocycles. The van der Waals surface area contributed by atoms with Crippen LogP contribution in [0.4, 0.5) is 11.4 Å². The Morgan fingerprint density at radius 3 is 2.31 bits per heavy atom. The second kappa shape index (κ2) is 3.66. The lowest BCUT2D eigenvalue weighted by atomic mass is 10.3. The predicted octanol–water partition coefficient (Wildman–Crippen LogP) is 1.36. The van der Waals surface area contributed by atoms with Gasteiger partial charge in [0.05, 0.1) is 11.4 Å². The SMILES string of the molecule is CCS(=O)(=O)Nc1ccc([NH])cc1. The number of hydrogen-bond donors (Lipinski definition) is 1. The van der Waals surface area contributed by atoms with Crippen LogP contribution < -0.4 is 10.5 Å². The smallest absolute Gasteiger partial charge is 0.232 e. The van der Waals surface area contributed by atoms with Crippen LogP contribution in [0.5, 0.6) is 0 Å². The van der Waals surface area contributed by atoms with Crippen LogP contribution in [0.3, 0.4) is 0 Å². The summed E-state index contributed by atoms with van der Waals surface area (Å²) >= 11 is 0. The molecule has 0 amide bonds. The highest BCUT2D eigenvalue weighted by molar-refractivity contribution is 7.92. The van der Waals surface area contributed by atoms with Crippen molar-refractivity contribution in [2.24, 2.45) is 0 Å². The first-order valence-electron chi connectivity index (χ1n) is 3.85. The minimum absolute atomic E-state index is 0.0512. The number of hydrogen-bond acceptors (Lipinski definition) is 2. The van der Waals surface area contributed by atoms with E-state index in [1.807, 2.05) is 0 Å². The van der Waals surface area contributed by atoms with E-state index in [4.69, 9.17) is 5.73 Å². The average Bonchev–Trinajstić information content (AvgIpc) is 2.09. The minimum atomic E-state index is -3.20. The molecule has 0 aliphatic heterocycles. The Balaban J connectivity index is 2.82. The van der Waals surface area contributed by atoms with Gasteiger partial charge in [0.2, 0.25) is 10.0 Å². The van der Waals surface area contributed by atoms with Crippen LogP contribution in [0.1, 0.15) is 6.92 Å². The van der Waals surface area contributed by atoms with Crippen LogP contribution in [-0.2, 0) is 10.0 Å². The van der Waals surface area contributed by atoms with E-state index in [-0.39, 0.29) is 5.75 Å². The topological polar surface area (TPSA) is 70.0 Å². The Bertz CT molecular complexity index is 370. The van der Waals surface area contributed by atoms with Crippen LogP contribution >= 0.6 is 0 Å². The molecule has 0 saturated heterocycles. The molecule has 2 N–H and O–H groups in total. The van der Waals surface area contributed by atoms with Gasteiger partial charge in [0, 0.05) is 5.69 Å². The molecule has 0 bridgehead atoms. The van der Waals surface area contributed by atoms with Crippen LogP contribution in [-0.4, -0.2) is 14.2 Å².